The first-order valence-electron chi connectivity index (χ1n) is 6.89. The van der Waals surface area contributed by atoms with Crippen molar-refractivity contribution in [1.29, 1.82) is 0 Å². The van der Waals surface area contributed by atoms with Gasteiger partial charge >= 0.3 is 0 Å². The molecule has 0 unspecified atom stereocenters. The van der Waals surface area contributed by atoms with Crippen molar-refractivity contribution < 1.29 is 9.47 Å². The molecule has 0 saturated heterocycles. The average molecular weight is 280 g/mol. The standard InChI is InChI=1S/C14H24N4O2/c1-3-19-11-7-10-16-14(18-15)17-12-8-5-6-9-13(12)20-4-2/h5-6,8-9H,3-4,7,10-11,15H2,1-2H3,(H2,16,17,18). The number of para-hydroxylation sites is 2. The largest absolute Gasteiger partial charge is 0.492 e. The Kier molecular flexibility index (Phi) is 8.17. The summed E-state index contributed by atoms with van der Waals surface area (Å²) in [4.78, 5) is 4.34. The molecule has 0 radical (unpaired) electrons. The number of hydrazine groups is 1. The van der Waals surface area contributed by atoms with Crippen molar-refractivity contribution in [3.63, 3.8) is 0 Å². The number of benzene rings is 1. The fourth-order valence-corrected chi connectivity index (χ4v) is 1.60. The van der Waals surface area contributed by atoms with E-state index in [-0.39, 0.29) is 0 Å². The third-order valence-corrected chi connectivity index (χ3v) is 2.50. The molecule has 0 aliphatic rings. The van der Waals surface area contributed by atoms with Gasteiger partial charge in [-0.25, -0.2) is 5.84 Å². The van der Waals surface area contributed by atoms with Gasteiger partial charge in [0.05, 0.1) is 12.3 Å². The Balaban J connectivity index is 2.56. The van der Waals surface area contributed by atoms with Gasteiger partial charge in [-0.1, -0.05) is 12.1 Å². The Morgan fingerprint density at radius 1 is 1.25 bits per heavy atom. The van der Waals surface area contributed by atoms with E-state index in [1.165, 1.54) is 0 Å². The first-order valence-corrected chi connectivity index (χ1v) is 6.89. The van der Waals surface area contributed by atoms with Crippen LogP contribution in [-0.4, -0.2) is 32.3 Å². The minimum atomic E-state index is 0.508. The average Bonchev–Trinajstić information content (AvgIpc) is 2.48. The van der Waals surface area contributed by atoms with E-state index in [0.717, 1.165) is 24.5 Å². The number of hydrogen-bond acceptors (Lipinski definition) is 4. The van der Waals surface area contributed by atoms with Crippen LogP contribution in [0.5, 0.6) is 5.75 Å². The third-order valence-electron chi connectivity index (χ3n) is 2.50. The molecule has 0 aliphatic carbocycles. The normalized spacial score (nSPS) is 11.2. The topological polar surface area (TPSA) is 80.9 Å². The van der Waals surface area contributed by atoms with Gasteiger partial charge in [0.15, 0.2) is 0 Å². The van der Waals surface area contributed by atoms with Crippen LogP contribution in [-0.2, 0) is 4.74 Å². The molecule has 1 rings (SSSR count). The van der Waals surface area contributed by atoms with Crippen LogP contribution in [0.4, 0.5) is 5.69 Å². The van der Waals surface area contributed by atoms with E-state index in [1.807, 2.05) is 38.1 Å². The number of aliphatic imine (C=N–C) groups is 1. The molecule has 112 valence electrons. The highest BCUT2D eigenvalue weighted by molar-refractivity contribution is 5.94. The smallest absolute Gasteiger partial charge is 0.210 e. The maximum atomic E-state index is 5.53. The summed E-state index contributed by atoms with van der Waals surface area (Å²) in [6, 6.07) is 7.66. The lowest BCUT2D eigenvalue weighted by molar-refractivity contribution is 0.146. The van der Waals surface area contributed by atoms with Crippen molar-refractivity contribution >= 4 is 11.6 Å². The Morgan fingerprint density at radius 2 is 2.05 bits per heavy atom. The van der Waals surface area contributed by atoms with Crippen molar-refractivity contribution in [3.8, 4) is 5.75 Å². The van der Waals surface area contributed by atoms with Crippen molar-refractivity contribution in [3.05, 3.63) is 24.3 Å². The summed E-state index contributed by atoms with van der Waals surface area (Å²) in [5.74, 6) is 6.75. The lowest BCUT2D eigenvalue weighted by atomic mass is 10.3. The molecule has 1 aromatic rings. The molecule has 0 amide bonds. The number of nitrogens with zero attached hydrogens (tertiary/aromatic N) is 1. The second kappa shape index (κ2) is 10.1. The molecule has 0 saturated carbocycles. The van der Waals surface area contributed by atoms with E-state index >= 15 is 0 Å². The number of guanidine groups is 1. The summed E-state index contributed by atoms with van der Waals surface area (Å²) >= 11 is 0. The molecule has 0 aromatic heterocycles. The van der Waals surface area contributed by atoms with E-state index < -0.39 is 0 Å². The third kappa shape index (κ3) is 5.90. The summed E-state index contributed by atoms with van der Waals surface area (Å²) in [5, 5.41) is 3.12. The summed E-state index contributed by atoms with van der Waals surface area (Å²) in [6.45, 7) is 6.60. The fourth-order valence-electron chi connectivity index (χ4n) is 1.60. The van der Waals surface area contributed by atoms with Crippen LogP contribution in [0.25, 0.3) is 0 Å². The van der Waals surface area contributed by atoms with Gasteiger partial charge in [-0.3, -0.25) is 10.4 Å². The maximum Gasteiger partial charge on any atom is 0.210 e. The van der Waals surface area contributed by atoms with E-state index in [0.29, 0.717) is 25.7 Å². The molecule has 0 aliphatic heterocycles. The van der Waals surface area contributed by atoms with Crippen LogP contribution in [0, 0.1) is 0 Å². The zero-order chi connectivity index (χ0) is 14.6. The number of hydrogen-bond donors (Lipinski definition) is 3. The molecule has 0 fully saturated rings. The molecule has 0 heterocycles. The van der Waals surface area contributed by atoms with E-state index in [4.69, 9.17) is 15.3 Å². The van der Waals surface area contributed by atoms with Crippen LogP contribution < -0.4 is 21.3 Å². The highest BCUT2D eigenvalue weighted by Crippen LogP contribution is 2.23. The van der Waals surface area contributed by atoms with E-state index in [9.17, 15) is 0 Å². The molecule has 6 heteroatoms. The first-order chi connectivity index (χ1) is 9.81. The lowest BCUT2D eigenvalue weighted by Crippen LogP contribution is -2.36. The number of nitrogens with one attached hydrogen (secondary N) is 2. The number of nitrogens with two attached hydrogens (primary N) is 1. The monoisotopic (exact) mass is 280 g/mol. The van der Waals surface area contributed by atoms with Crippen LogP contribution in [0.15, 0.2) is 29.3 Å². The highest BCUT2D eigenvalue weighted by Gasteiger charge is 2.04. The zero-order valence-electron chi connectivity index (χ0n) is 12.2. The Morgan fingerprint density at radius 3 is 2.75 bits per heavy atom. The molecule has 20 heavy (non-hydrogen) atoms. The predicted molar refractivity (Wildman–Crippen MR) is 82.0 cm³/mol. The molecule has 0 spiro atoms. The molecule has 4 N–H and O–H groups in total. The molecular weight excluding hydrogens is 256 g/mol. The predicted octanol–water partition coefficient (Wildman–Crippen LogP) is 1.74. The number of ether oxygens (including phenoxy) is 2. The Hall–Kier alpha value is -1.79. The number of rotatable bonds is 8. The van der Waals surface area contributed by atoms with Gasteiger partial charge in [0.2, 0.25) is 5.96 Å². The van der Waals surface area contributed by atoms with Gasteiger partial charge in [-0.05, 0) is 32.4 Å². The van der Waals surface area contributed by atoms with Gasteiger partial charge in [0.1, 0.15) is 5.75 Å². The minimum Gasteiger partial charge on any atom is -0.492 e. The van der Waals surface area contributed by atoms with Gasteiger partial charge in [0.25, 0.3) is 0 Å². The van der Waals surface area contributed by atoms with Crippen molar-refractivity contribution in [2.75, 3.05) is 31.7 Å². The zero-order valence-corrected chi connectivity index (χ0v) is 12.2. The quantitative estimate of drug-likeness (QED) is 0.222. The first kappa shape index (κ1) is 16.3. The summed E-state index contributed by atoms with van der Waals surface area (Å²) in [6.07, 6.45) is 0.855. The molecule has 0 atom stereocenters. The summed E-state index contributed by atoms with van der Waals surface area (Å²) < 4.78 is 10.8. The van der Waals surface area contributed by atoms with E-state index in [1.54, 1.807) is 0 Å². The van der Waals surface area contributed by atoms with Crippen molar-refractivity contribution in [2.45, 2.75) is 20.3 Å². The maximum absolute atomic E-state index is 5.53. The van der Waals surface area contributed by atoms with Crippen LogP contribution in [0.3, 0.4) is 0 Å². The molecule has 0 bridgehead atoms. The van der Waals surface area contributed by atoms with Gasteiger partial charge in [-0.15, -0.1) is 0 Å². The fraction of sp³-hybridized carbons (Fsp3) is 0.500. The van der Waals surface area contributed by atoms with E-state index in [2.05, 4.69) is 15.7 Å². The van der Waals surface area contributed by atoms with Gasteiger partial charge in [-0.2, -0.15) is 0 Å². The Bertz CT molecular complexity index is 410. The van der Waals surface area contributed by atoms with Gasteiger partial charge < -0.3 is 14.8 Å². The SMILES string of the molecule is CCOCCCN=C(NN)Nc1ccccc1OCC. The summed E-state index contributed by atoms with van der Waals surface area (Å²) in [5.41, 5.74) is 3.38. The number of anilines is 1. The van der Waals surface area contributed by atoms with Crippen LogP contribution in [0.2, 0.25) is 0 Å². The molecule has 6 nitrogen and oxygen atoms in total. The minimum absolute atomic E-state index is 0.508. The lowest BCUT2D eigenvalue weighted by Gasteiger charge is -2.13. The second-order valence-corrected chi connectivity index (χ2v) is 3.98. The van der Waals surface area contributed by atoms with Crippen LogP contribution >= 0.6 is 0 Å². The second-order valence-electron chi connectivity index (χ2n) is 3.98. The highest BCUT2D eigenvalue weighted by atomic mass is 16.5. The Labute approximate surface area is 120 Å². The molecular formula is C14H24N4O2. The summed E-state index contributed by atoms with van der Waals surface area (Å²) in [7, 11) is 0. The van der Waals surface area contributed by atoms with Crippen molar-refractivity contribution in [2.24, 2.45) is 10.8 Å². The van der Waals surface area contributed by atoms with Gasteiger partial charge in [0, 0.05) is 19.8 Å². The molecule has 1 aromatic carbocycles. The van der Waals surface area contributed by atoms with Crippen LogP contribution in [0.1, 0.15) is 20.3 Å². The van der Waals surface area contributed by atoms with Crippen molar-refractivity contribution in [1.82, 2.24) is 5.43 Å².